The summed E-state index contributed by atoms with van der Waals surface area (Å²) in [4.78, 5) is 9.13. The van der Waals surface area contributed by atoms with Gasteiger partial charge in [-0.25, -0.2) is 14.4 Å². The third kappa shape index (κ3) is 2.74. The van der Waals surface area contributed by atoms with E-state index in [-0.39, 0.29) is 5.82 Å². The molecule has 3 aromatic heterocycles. The van der Waals surface area contributed by atoms with Crippen LogP contribution in [0.3, 0.4) is 0 Å². The second-order valence-electron chi connectivity index (χ2n) is 5.29. The smallest absolute Gasteiger partial charge is 0.187 e. The number of imidazole rings is 1. The molecule has 24 heavy (non-hydrogen) atoms. The lowest BCUT2D eigenvalue weighted by Crippen LogP contribution is -1.92. The quantitative estimate of drug-likeness (QED) is 0.540. The summed E-state index contributed by atoms with van der Waals surface area (Å²) in [5.41, 5.74) is 4.05. The number of pyridine rings is 1. The van der Waals surface area contributed by atoms with Gasteiger partial charge in [-0.2, -0.15) is 0 Å². The molecule has 0 saturated carbocycles. The lowest BCUT2D eigenvalue weighted by Gasteiger charge is -2.02. The van der Waals surface area contributed by atoms with Gasteiger partial charge in [0.1, 0.15) is 17.2 Å². The van der Waals surface area contributed by atoms with E-state index in [2.05, 4.69) is 15.3 Å². The molecule has 1 aromatic carbocycles. The second kappa shape index (κ2) is 5.89. The lowest BCUT2D eigenvalue weighted by molar-refractivity contribution is 0.628. The number of fused-ring (bicyclic) bond motifs is 1. The van der Waals surface area contributed by atoms with Crippen LogP contribution < -0.4 is 5.32 Å². The lowest BCUT2D eigenvalue weighted by atomic mass is 10.3. The number of nitrogens with zero attached hydrogens (tertiary/aromatic N) is 3. The number of hydrogen-bond acceptors (Lipinski definition) is 4. The summed E-state index contributed by atoms with van der Waals surface area (Å²) >= 11 is 7.55. The van der Waals surface area contributed by atoms with Crippen molar-refractivity contribution in [1.29, 1.82) is 0 Å². The van der Waals surface area contributed by atoms with Gasteiger partial charge in [0.05, 0.1) is 16.4 Å². The van der Waals surface area contributed by atoms with E-state index in [1.165, 1.54) is 23.5 Å². The zero-order chi connectivity index (χ0) is 16.7. The second-order valence-corrected chi connectivity index (χ2v) is 6.59. The Balaban J connectivity index is 1.73. The van der Waals surface area contributed by atoms with Crippen molar-refractivity contribution < 1.29 is 4.39 Å². The van der Waals surface area contributed by atoms with Crippen molar-refractivity contribution in [2.75, 3.05) is 5.32 Å². The summed E-state index contributed by atoms with van der Waals surface area (Å²) in [5, 5.41) is 6.38. The Labute approximate surface area is 146 Å². The summed E-state index contributed by atoms with van der Waals surface area (Å²) in [7, 11) is 0. The minimum Gasteiger partial charge on any atom is -0.331 e. The maximum Gasteiger partial charge on any atom is 0.187 e. The van der Waals surface area contributed by atoms with Crippen LogP contribution in [0.1, 0.15) is 5.69 Å². The average Bonchev–Trinajstić information content (AvgIpc) is 3.10. The number of halogens is 2. The summed E-state index contributed by atoms with van der Waals surface area (Å²) in [6.07, 6.45) is 1.82. The zero-order valence-corrected chi connectivity index (χ0v) is 14.2. The Bertz CT molecular complexity index is 1040. The largest absolute Gasteiger partial charge is 0.331 e. The van der Waals surface area contributed by atoms with Crippen LogP contribution in [0.25, 0.3) is 17.0 Å². The number of aromatic nitrogens is 3. The Morgan fingerprint density at radius 1 is 1.21 bits per heavy atom. The normalized spacial score (nSPS) is 11.1. The molecule has 4 aromatic rings. The molecule has 0 bridgehead atoms. The van der Waals surface area contributed by atoms with Gasteiger partial charge in [0, 0.05) is 17.3 Å². The van der Waals surface area contributed by atoms with E-state index in [0.29, 0.717) is 15.8 Å². The standard InChI is InChI=1S/C17H12ClFN4S/c1-10-16(23-8-11(18)5-6-15(23)20-10)14-9-24-17(22-14)21-13-4-2-3-12(19)7-13/h2-9H,1H3,(H,21,22). The van der Waals surface area contributed by atoms with Crippen molar-refractivity contribution in [3.05, 3.63) is 64.5 Å². The molecule has 4 rings (SSSR count). The molecule has 3 heterocycles. The summed E-state index contributed by atoms with van der Waals surface area (Å²) in [5.74, 6) is -0.288. The van der Waals surface area contributed by atoms with Crippen LogP contribution >= 0.6 is 22.9 Å². The number of thiazole rings is 1. The van der Waals surface area contributed by atoms with Crippen molar-refractivity contribution in [1.82, 2.24) is 14.4 Å². The fraction of sp³-hybridized carbons (Fsp3) is 0.0588. The SMILES string of the molecule is Cc1nc2ccc(Cl)cn2c1-c1csc(Nc2cccc(F)c2)n1. The predicted molar refractivity (Wildman–Crippen MR) is 95.7 cm³/mol. The molecule has 0 spiro atoms. The Kier molecular flexibility index (Phi) is 3.70. The van der Waals surface area contributed by atoms with Crippen LogP contribution in [0, 0.1) is 12.7 Å². The van der Waals surface area contributed by atoms with Crippen LogP contribution in [0.2, 0.25) is 5.02 Å². The molecule has 0 unspecified atom stereocenters. The van der Waals surface area contributed by atoms with Crippen molar-refractivity contribution in [2.45, 2.75) is 6.92 Å². The van der Waals surface area contributed by atoms with E-state index in [1.807, 2.05) is 35.0 Å². The van der Waals surface area contributed by atoms with Crippen LogP contribution in [0.15, 0.2) is 48.0 Å². The monoisotopic (exact) mass is 358 g/mol. The molecule has 0 aliphatic rings. The maximum absolute atomic E-state index is 13.3. The summed E-state index contributed by atoms with van der Waals surface area (Å²) in [6, 6.07) is 9.97. The number of aryl methyl sites for hydroxylation is 1. The molecule has 0 atom stereocenters. The van der Waals surface area contributed by atoms with Gasteiger partial charge >= 0.3 is 0 Å². The predicted octanol–water partition coefficient (Wildman–Crippen LogP) is 5.30. The van der Waals surface area contributed by atoms with E-state index in [4.69, 9.17) is 11.6 Å². The molecule has 1 N–H and O–H groups in total. The van der Waals surface area contributed by atoms with E-state index >= 15 is 0 Å². The highest BCUT2D eigenvalue weighted by Crippen LogP contribution is 2.30. The number of benzene rings is 1. The van der Waals surface area contributed by atoms with Crippen molar-refractivity contribution >= 4 is 39.4 Å². The zero-order valence-electron chi connectivity index (χ0n) is 12.6. The van der Waals surface area contributed by atoms with Gasteiger partial charge in [-0.05, 0) is 37.3 Å². The highest BCUT2D eigenvalue weighted by molar-refractivity contribution is 7.14. The molecule has 0 saturated heterocycles. The molecule has 0 aliphatic carbocycles. The molecular formula is C17H12ClFN4S. The van der Waals surface area contributed by atoms with Gasteiger partial charge in [0.15, 0.2) is 5.13 Å². The first-order valence-corrected chi connectivity index (χ1v) is 8.48. The Morgan fingerprint density at radius 3 is 2.92 bits per heavy atom. The van der Waals surface area contributed by atoms with Crippen LogP contribution in [0.4, 0.5) is 15.2 Å². The topological polar surface area (TPSA) is 42.2 Å². The highest BCUT2D eigenvalue weighted by atomic mass is 35.5. The average molecular weight is 359 g/mol. The first kappa shape index (κ1) is 15.1. The molecule has 120 valence electrons. The molecule has 4 nitrogen and oxygen atoms in total. The van der Waals surface area contributed by atoms with Crippen molar-refractivity contribution in [2.24, 2.45) is 0 Å². The number of hydrogen-bond donors (Lipinski definition) is 1. The van der Waals surface area contributed by atoms with E-state index in [1.54, 1.807) is 12.1 Å². The molecule has 0 aliphatic heterocycles. The number of anilines is 2. The Hall–Kier alpha value is -2.44. The Morgan fingerprint density at radius 2 is 2.08 bits per heavy atom. The molecule has 0 radical (unpaired) electrons. The van der Waals surface area contributed by atoms with E-state index < -0.39 is 0 Å². The third-order valence-corrected chi connectivity index (χ3v) is 4.56. The van der Waals surface area contributed by atoms with Crippen molar-refractivity contribution in [3.63, 3.8) is 0 Å². The van der Waals surface area contributed by atoms with Crippen LogP contribution in [-0.4, -0.2) is 14.4 Å². The van der Waals surface area contributed by atoms with Gasteiger partial charge < -0.3 is 5.32 Å². The van der Waals surface area contributed by atoms with Gasteiger partial charge in [0.2, 0.25) is 0 Å². The summed E-state index contributed by atoms with van der Waals surface area (Å²) < 4.78 is 15.2. The third-order valence-electron chi connectivity index (χ3n) is 3.58. The van der Waals surface area contributed by atoms with Gasteiger partial charge in [-0.3, -0.25) is 4.40 Å². The molecule has 0 fully saturated rings. The van der Waals surface area contributed by atoms with E-state index in [0.717, 1.165) is 22.7 Å². The summed E-state index contributed by atoms with van der Waals surface area (Å²) in [6.45, 7) is 1.94. The molecular weight excluding hydrogens is 347 g/mol. The van der Waals surface area contributed by atoms with Gasteiger partial charge in [-0.1, -0.05) is 17.7 Å². The number of nitrogens with one attached hydrogen (secondary N) is 1. The highest BCUT2D eigenvalue weighted by Gasteiger charge is 2.14. The molecule has 7 heteroatoms. The van der Waals surface area contributed by atoms with E-state index in [9.17, 15) is 4.39 Å². The molecule has 0 amide bonds. The van der Waals surface area contributed by atoms with Crippen LogP contribution in [0.5, 0.6) is 0 Å². The van der Waals surface area contributed by atoms with Gasteiger partial charge in [0.25, 0.3) is 0 Å². The minimum atomic E-state index is -0.288. The maximum atomic E-state index is 13.3. The fourth-order valence-corrected chi connectivity index (χ4v) is 3.45. The minimum absolute atomic E-state index is 0.288. The first-order valence-electron chi connectivity index (χ1n) is 7.23. The van der Waals surface area contributed by atoms with Gasteiger partial charge in [-0.15, -0.1) is 11.3 Å². The fourth-order valence-electron chi connectivity index (χ4n) is 2.57. The first-order chi connectivity index (χ1) is 11.6. The van der Waals surface area contributed by atoms with Crippen molar-refractivity contribution in [3.8, 4) is 11.4 Å². The number of rotatable bonds is 3. The van der Waals surface area contributed by atoms with Crippen LogP contribution in [-0.2, 0) is 0 Å².